The molecule has 0 bridgehead atoms. The van der Waals surface area contributed by atoms with Crippen LogP contribution < -0.4 is 5.32 Å². The van der Waals surface area contributed by atoms with Gasteiger partial charge in [0.25, 0.3) is 0 Å². The second-order valence-corrected chi connectivity index (χ2v) is 4.58. The monoisotopic (exact) mass is 211 g/mol. The van der Waals surface area contributed by atoms with Crippen LogP contribution in [0.2, 0.25) is 0 Å². The van der Waals surface area contributed by atoms with Crippen LogP contribution in [-0.2, 0) is 0 Å². The number of nitrogens with one attached hydrogen (secondary N) is 1. The lowest BCUT2D eigenvalue weighted by molar-refractivity contribution is 0.418. The van der Waals surface area contributed by atoms with Gasteiger partial charge in [-0.2, -0.15) is 4.98 Å². The van der Waals surface area contributed by atoms with Gasteiger partial charge in [-0.15, -0.1) is 0 Å². The van der Waals surface area contributed by atoms with Gasteiger partial charge in [0.1, 0.15) is 0 Å². The molecule has 0 aliphatic rings. The zero-order chi connectivity index (χ0) is 11.3. The molecule has 1 aromatic heterocycles. The first-order valence-electron chi connectivity index (χ1n) is 5.67. The average molecular weight is 211 g/mol. The maximum absolute atomic E-state index is 5.06. The first-order chi connectivity index (χ1) is 7.09. The van der Waals surface area contributed by atoms with Gasteiger partial charge in [0.15, 0.2) is 5.82 Å². The molecule has 0 atom stereocenters. The molecular weight excluding hydrogens is 190 g/mol. The summed E-state index contributed by atoms with van der Waals surface area (Å²) in [7, 11) is 0. The van der Waals surface area contributed by atoms with Gasteiger partial charge in [-0.3, -0.25) is 0 Å². The maximum Gasteiger partial charge on any atom is 0.321 e. The molecule has 1 heterocycles. The molecule has 0 amide bonds. The van der Waals surface area contributed by atoms with Crippen LogP contribution in [0.1, 0.15) is 52.3 Å². The van der Waals surface area contributed by atoms with Crippen LogP contribution >= 0.6 is 0 Å². The molecule has 1 aromatic rings. The highest BCUT2D eigenvalue weighted by Crippen LogP contribution is 2.12. The fourth-order valence-corrected chi connectivity index (χ4v) is 1.25. The summed E-state index contributed by atoms with van der Waals surface area (Å²) in [4.78, 5) is 4.24. The summed E-state index contributed by atoms with van der Waals surface area (Å²) < 4.78 is 5.06. The van der Waals surface area contributed by atoms with Gasteiger partial charge < -0.3 is 9.84 Å². The third-order valence-electron chi connectivity index (χ3n) is 2.19. The van der Waals surface area contributed by atoms with Crippen molar-refractivity contribution < 1.29 is 4.52 Å². The van der Waals surface area contributed by atoms with Crippen LogP contribution in [0.3, 0.4) is 0 Å². The van der Waals surface area contributed by atoms with Gasteiger partial charge in [-0.05, 0) is 18.8 Å². The fourth-order valence-electron chi connectivity index (χ4n) is 1.25. The molecule has 0 spiro atoms. The number of nitrogens with zero attached hydrogens (tertiary/aromatic N) is 2. The second-order valence-electron chi connectivity index (χ2n) is 4.58. The molecule has 0 radical (unpaired) electrons. The average Bonchev–Trinajstić information content (AvgIpc) is 2.60. The van der Waals surface area contributed by atoms with Gasteiger partial charge in [-0.25, -0.2) is 0 Å². The largest absolute Gasteiger partial charge is 0.338 e. The lowest BCUT2D eigenvalue weighted by Gasteiger charge is -2.03. The third-order valence-corrected chi connectivity index (χ3v) is 2.19. The van der Waals surface area contributed by atoms with Crippen LogP contribution in [0.15, 0.2) is 4.52 Å². The maximum atomic E-state index is 5.06. The fraction of sp³-hybridized carbons (Fsp3) is 0.818. The van der Waals surface area contributed by atoms with E-state index >= 15 is 0 Å². The minimum Gasteiger partial charge on any atom is -0.338 e. The minimum atomic E-state index is 0.319. The van der Waals surface area contributed by atoms with Crippen molar-refractivity contribution >= 4 is 6.01 Å². The molecular formula is C11H21N3O. The van der Waals surface area contributed by atoms with Crippen molar-refractivity contribution in [1.29, 1.82) is 0 Å². The molecule has 0 saturated carbocycles. The van der Waals surface area contributed by atoms with Crippen LogP contribution in [0.25, 0.3) is 0 Å². The summed E-state index contributed by atoms with van der Waals surface area (Å²) in [6.45, 7) is 9.45. The summed E-state index contributed by atoms with van der Waals surface area (Å²) in [5.74, 6) is 1.84. The molecule has 0 aliphatic carbocycles. The van der Waals surface area contributed by atoms with E-state index in [4.69, 9.17) is 4.52 Å². The molecule has 0 aromatic carbocycles. The highest BCUT2D eigenvalue weighted by Gasteiger charge is 2.08. The van der Waals surface area contributed by atoms with E-state index in [1.807, 2.05) is 13.8 Å². The highest BCUT2D eigenvalue weighted by atomic mass is 16.5. The van der Waals surface area contributed by atoms with Gasteiger partial charge in [-0.1, -0.05) is 32.9 Å². The summed E-state index contributed by atoms with van der Waals surface area (Å²) in [6, 6.07) is 0.544. The van der Waals surface area contributed by atoms with Crippen molar-refractivity contribution in [3.63, 3.8) is 0 Å². The molecule has 0 fully saturated rings. The Morgan fingerprint density at radius 2 is 2.00 bits per heavy atom. The number of hydrogen-bond acceptors (Lipinski definition) is 4. The predicted molar refractivity (Wildman–Crippen MR) is 60.9 cm³/mol. The Bertz CT molecular complexity index is 281. The van der Waals surface area contributed by atoms with E-state index in [0.717, 1.165) is 24.7 Å². The molecule has 0 aliphatic heterocycles. The minimum absolute atomic E-state index is 0.319. The normalized spacial score (nSPS) is 11.3. The zero-order valence-corrected chi connectivity index (χ0v) is 10.1. The number of rotatable bonds is 6. The Balaban J connectivity index is 2.26. The SMILES string of the molecule is CC(C)CCCNc1nc(C(C)C)no1. The van der Waals surface area contributed by atoms with Crippen molar-refractivity contribution in [2.24, 2.45) is 5.92 Å². The Morgan fingerprint density at radius 1 is 1.27 bits per heavy atom. The van der Waals surface area contributed by atoms with E-state index < -0.39 is 0 Å². The van der Waals surface area contributed by atoms with Gasteiger partial charge in [0, 0.05) is 12.5 Å². The second kappa shape index (κ2) is 5.73. The number of anilines is 1. The van der Waals surface area contributed by atoms with Crippen LogP contribution in [0.5, 0.6) is 0 Å². The topological polar surface area (TPSA) is 51.0 Å². The third kappa shape index (κ3) is 4.32. The number of aromatic nitrogens is 2. The predicted octanol–water partition coefficient (Wildman–Crippen LogP) is 3.04. The van der Waals surface area contributed by atoms with Crippen molar-refractivity contribution in [2.75, 3.05) is 11.9 Å². The number of hydrogen-bond donors (Lipinski definition) is 1. The van der Waals surface area contributed by atoms with Crippen molar-refractivity contribution in [1.82, 2.24) is 10.1 Å². The molecule has 1 rings (SSSR count). The molecule has 0 unspecified atom stereocenters. The van der Waals surface area contributed by atoms with E-state index in [9.17, 15) is 0 Å². The van der Waals surface area contributed by atoms with E-state index in [2.05, 4.69) is 29.3 Å². The highest BCUT2D eigenvalue weighted by molar-refractivity contribution is 5.18. The van der Waals surface area contributed by atoms with Gasteiger partial charge >= 0.3 is 6.01 Å². The summed E-state index contributed by atoms with van der Waals surface area (Å²) in [5.41, 5.74) is 0. The van der Waals surface area contributed by atoms with Crippen molar-refractivity contribution in [3.8, 4) is 0 Å². The first kappa shape index (κ1) is 12.0. The van der Waals surface area contributed by atoms with E-state index in [1.54, 1.807) is 0 Å². The smallest absolute Gasteiger partial charge is 0.321 e. The molecule has 15 heavy (non-hydrogen) atoms. The Labute approximate surface area is 91.5 Å². The molecule has 1 N–H and O–H groups in total. The Hall–Kier alpha value is -1.06. The Morgan fingerprint density at radius 3 is 2.53 bits per heavy atom. The van der Waals surface area contributed by atoms with Gasteiger partial charge in [0.2, 0.25) is 0 Å². The first-order valence-corrected chi connectivity index (χ1v) is 5.67. The van der Waals surface area contributed by atoms with Crippen LogP contribution in [0, 0.1) is 5.92 Å². The zero-order valence-electron chi connectivity index (χ0n) is 10.1. The molecule has 86 valence electrons. The van der Waals surface area contributed by atoms with Crippen LogP contribution in [-0.4, -0.2) is 16.7 Å². The Kier molecular flexibility index (Phi) is 4.59. The summed E-state index contributed by atoms with van der Waals surface area (Å²) >= 11 is 0. The molecule has 4 nitrogen and oxygen atoms in total. The van der Waals surface area contributed by atoms with E-state index in [0.29, 0.717) is 11.9 Å². The van der Waals surface area contributed by atoms with Crippen molar-refractivity contribution in [3.05, 3.63) is 5.82 Å². The standard InChI is InChI=1S/C11H21N3O/c1-8(2)6-5-7-12-11-13-10(9(3)4)14-15-11/h8-9H,5-7H2,1-4H3,(H,12,13,14). The quantitative estimate of drug-likeness (QED) is 0.735. The van der Waals surface area contributed by atoms with Crippen molar-refractivity contribution in [2.45, 2.75) is 46.5 Å². The summed E-state index contributed by atoms with van der Waals surface area (Å²) in [5, 5.41) is 7.02. The molecule has 0 saturated heterocycles. The van der Waals surface area contributed by atoms with E-state index in [-0.39, 0.29) is 0 Å². The van der Waals surface area contributed by atoms with Crippen LogP contribution in [0.4, 0.5) is 6.01 Å². The van der Waals surface area contributed by atoms with E-state index in [1.165, 1.54) is 6.42 Å². The molecule has 4 heteroatoms. The van der Waals surface area contributed by atoms with Gasteiger partial charge in [0.05, 0.1) is 0 Å². The summed E-state index contributed by atoms with van der Waals surface area (Å²) in [6.07, 6.45) is 2.36. The lowest BCUT2D eigenvalue weighted by atomic mass is 10.1. The lowest BCUT2D eigenvalue weighted by Crippen LogP contribution is -2.03.